The lowest BCUT2D eigenvalue weighted by atomic mass is 10.0. The number of aromatic nitrogens is 4. The molecule has 0 aliphatic carbocycles. The Morgan fingerprint density at radius 1 is 0.380 bits per heavy atom. The molecule has 0 aliphatic heterocycles. The molecule has 0 aliphatic rings. The zero-order chi connectivity index (χ0) is 33.0. The van der Waals surface area contributed by atoms with Gasteiger partial charge < -0.3 is 8.98 Å². The SMILES string of the molecule is c1ccc(-c2nc(-c3ccc(-c4cccc5c4oc4ccccc45)cc3)nc(-c3cccc4c5ccccc5n(-c5ccccc5)c34)n2)cc1. The Morgan fingerprint density at radius 2 is 0.940 bits per heavy atom. The molecule has 3 aromatic heterocycles. The largest absolute Gasteiger partial charge is 0.455 e. The van der Waals surface area contributed by atoms with E-state index in [2.05, 4.69) is 120 Å². The number of para-hydroxylation sites is 5. The molecule has 0 N–H and O–H groups in total. The minimum atomic E-state index is 0.613. The smallest absolute Gasteiger partial charge is 0.166 e. The maximum atomic E-state index is 6.35. The van der Waals surface area contributed by atoms with Crippen molar-refractivity contribution in [2.75, 3.05) is 0 Å². The van der Waals surface area contributed by atoms with E-state index in [1.54, 1.807) is 0 Å². The molecule has 0 saturated heterocycles. The average molecular weight is 641 g/mol. The minimum Gasteiger partial charge on any atom is -0.455 e. The Labute approximate surface area is 287 Å². The molecule has 0 radical (unpaired) electrons. The second kappa shape index (κ2) is 11.4. The van der Waals surface area contributed by atoms with Crippen molar-refractivity contribution in [2.24, 2.45) is 0 Å². The number of fused-ring (bicyclic) bond motifs is 6. The number of nitrogens with zero attached hydrogens (tertiary/aromatic N) is 4. The van der Waals surface area contributed by atoms with Crippen LogP contribution in [0.15, 0.2) is 174 Å². The van der Waals surface area contributed by atoms with E-state index >= 15 is 0 Å². The van der Waals surface area contributed by atoms with Gasteiger partial charge in [-0.15, -0.1) is 0 Å². The molecular weight excluding hydrogens is 613 g/mol. The molecule has 0 spiro atoms. The summed E-state index contributed by atoms with van der Waals surface area (Å²) in [6, 6.07) is 58.5. The Hall–Kier alpha value is -6.85. The van der Waals surface area contributed by atoms with Crippen molar-refractivity contribution in [3.05, 3.63) is 170 Å². The molecule has 0 amide bonds. The summed E-state index contributed by atoms with van der Waals surface area (Å²) >= 11 is 0. The van der Waals surface area contributed by atoms with Crippen LogP contribution in [0, 0.1) is 0 Å². The first-order chi connectivity index (χ1) is 24.8. The van der Waals surface area contributed by atoms with E-state index in [4.69, 9.17) is 19.4 Å². The van der Waals surface area contributed by atoms with Gasteiger partial charge in [-0.2, -0.15) is 0 Å². The van der Waals surface area contributed by atoms with Gasteiger partial charge in [0.05, 0.1) is 11.0 Å². The van der Waals surface area contributed by atoms with Gasteiger partial charge in [0.2, 0.25) is 0 Å². The molecule has 0 bridgehead atoms. The van der Waals surface area contributed by atoms with Crippen molar-refractivity contribution in [1.29, 1.82) is 0 Å². The summed E-state index contributed by atoms with van der Waals surface area (Å²) in [5.74, 6) is 1.86. The Bertz CT molecular complexity index is 2850. The number of hydrogen-bond acceptors (Lipinski definition) is 4. The van der Waals surface area contributed by atoms with E-state index in [-0.39, 0.29) is 0 Å². The van der Waals surface area contributed by atoms with Crippen LogP contribution in [0.4, 0.5) is 0 Å². The van der Waals surface area contributed by atoms with Gasteiger partial charge >= 0.3 is 0 Å². The highest BCUT2D eigenvalue weighted by atomic mass is 16.3. The fourth-order valence-electron chi connectivity index (χ4n) is 7.16. The van der Waals surface area contributed by atoms with E-state index in [1.807, 2.05) is 54.6 Å². The number of rotatable bonds is 5. The molecule has 7 aromatic carbocycles. The summed E-state index contributed by atoms with van der Waals surface area (Å²) in [5.41, 5.74) is 9.94. The first-order valence-corrected chi connectivity index (χ1v) is 16.7. The highest BCUT2D eigenvalue weighted by molar-refractivity contribution is 6.13. The highest BCUT2D eigenvalue weighted by Crippen LogP contribution is 2.39. The van der Waals surface area contributed by atoms with Gasteiger partial charge in [-0.25, -0.2) is 15.0 Å². The summed E-state index contributed by atoms with van der Waals surface area (Å²) in [4.78, 5) is 15.3. The van der Waals surface area contributed by atoms with Gasteiger partial charge in [-0.05, 0) is 35.9 Å². The van der Waals surface area contributed by atoms with E-state index in [0.29, 0.717) is 17.5 Å². The zero-order valence-corrected chi connectivity index (χ0v) is 26.9. The van der Waals surface area contributed by atoms with E-state index in [1.165, 1.54) is 5.39 Å². The number of furan rings is 1. The van der Waals surface area contributed by atoms with Crippen molar-refractivity contribution in [3.63, 3.8) is 0 Å². The predicted octanol–water partition coefficient (Wildman–Crippen LogP) is 11.5. The minimum absolute atomic E-state index is 0.613. The summed E-state index contributed by atoms with van der Waals surface area (Å²) in [7, 11) is 0. The third-order valence-corrected chi connectivity index (χ3v) is 9.48. The summed E-state index contributed by atoms with van der Waals surface area (Å²) in [6.45, 7) is 0. The van der Waals surface area contributed by atoms with Crippen LogP contribution < -0.4 is 0 Å². The van der Waals surface area contributed by atoms with Crippen LogP contribution in [0.1, 0.15) is 0 Å². The third kappa shape index (κ3) is 4.52. The van der Waals surface area contributed by atoms with Crippen LogP contribution in [0.5, 0.6) is 0 Å². The van der Waals surface area contributed by atoms with E-state index in [9.17, 15) is 0 Å². The molecule has 3 heterocycles. The fraction of sp³-hybridized carbons (Fsp3) is 0. The van der Waals surface area contributed by atoms with Gasteiger partial charge in [-0.1, -0.05) is 140 Å². The molecule has 0 unspecified atom stereocenters. The second-order valence-corrected chi connectivity index (χ2v) is 12.4. The molecule has 10 aromatic rings. The van der Waals surface area contributed by atoms with E-state index in [0.717, 1.165) is 71.9 Å². The van der Waals surface area contributed by atoms with Gasteiger partial charge in [0.15, 0.2) is 17.5 Å². The third-order valence-electron chi connectivity index (χ3n) is 9.48. The molecule has 0 atom stereocenters. The van der Waals surface area contributed by atoms with Crippen LogP contribution >= 0.6 is 0 Å². The molecule has 50 heavy (non-hydrogen) atoms. The van der Waals surface area contributed by atoms with Gasteiger partial charge in [0, 0.05) is 49.5 Å². The summed E-state index contributed by atoms with van der Waals surface area (Å²) in [5, 5.41) is 4.56. The molecule has 10 rings (SSSR count). The first-order valence-electron chi connectivity index (χ1n) is 16.7. The number of benzene rings is 7. The van der Waals surface area contributed by atoms with Crippen LogP contribution in [-0.2, 0) is 0 Å². The molecule has 5 heteroatoms. The standard InChI is InChI=1S/C45H28N4O/c1-3-13-30(14-4-1)43-46-44(31-27-25-29(26-28-31)33-19-11-21-37-35-18-8-10-24-40(35)50-42(33)37)48-45(47-43)38-22-12-20-36-34-17-7-9-23-39(34)49(41(36)38)32-15-5-2-6-16-32/h1-28H. The first kappa shape index (κ1) is 28.2. The fourth-order valence-corrected chi connectivity index (χ4v) is 7.16. The van der Waals surface area contributed by atoms with Gasteiger partial charge in [0.1, 0.15) is 11.2 Å². The van der Waals surface area contributed by atoms with Crippen LogP contribution in [0.25, 0.3) is 94.7 Å². The molecular formula is C45H28N4O. The Balaban J connectivity index is 1.16. The maximum Gasteiger partial charge on any atom is 0.166 e. The lowest BCUT2D eigenvalue weighted by Gasteiger charge is -2.13. The van der Waals surface area contributed by atoms with Gasteiger partial charge in [-0.3, -0.25) is 0 Å². The molecule has 0 saturated carbocycles. The van der Waals surface area contributed by atoms with Crippen LogP contribution in [0.3, 0.4) is 0 Å². The maximum absolute atomic E-state index is 6.35. The topological polar surface area (TPSA) is 56.7 Å². The van der Waals surface area contributed by atoms with Crippen molar-refractivity contribution < 1.29 is 4.42 Å². The monoisotopic (exact) mass is 640 g/mol. The Morgan fingerprint density at radius 3 is 1.72 bits per heavy atom. The van der Waals surface area contributed by atoms with Crippen molar-refractivity contribution >= 4 is 43.7 Å². The Kier molecular flexibility index (Phi) is 6.42. The van der Waals surface area contributed by atoms with Crippen molar-refractivity contribution in [3.8, 4) is 51.0 Å². The molecule has 0 fully saturated rings. The lowest BCUT2D eigenvalue weighted by molar-refractivity contribution is 0.670. The van der Waals surface area contributed by atoms with Crippen LogP contribution in [-0.4, -0.2) is 19.5 Å². The quantitative estimate of drug-likeness (QED) is 0.188. The average Bonchev–Trinajstić information content (AvgIpc) is 3.75. The normalized spacial score (nSPS) is 11.6. The van der Waals surface area contributed by atoms with Crippen molar-refractivity contribution in [1.82, 2.24) is 19.5 Å². The predicted molar refractivity (Wildman–Crippen MR) is 203 cm³/mol. The van der Waals surface area contributed by atoms with Crippen LogP contribution in [0.2, 0.25) is 0 Å². The summed E-state index contributed by atoms with van der Waals surface area (Å²) in [6.07, 6.45) is 0. The van der Waals surface area contributed by atoms with Crippen molar-refractivity contribution in [2.45, 2.75) is 0 Å². The summed E-state index contributed by atoms with van der Waals surface area (Å²) < 4.78 is 8.66. The zero-order valence-electron chi connectivity index (χ0n) is 26.9. The lowest BCUT2D eigenvalue weighted by Crippen LogP contribution is -2.02. The number of hydrogen-bond donors (Lipinski definition) is 0. The highest BCUT2D eigenvalue weighted by Gasteiger charge is 2.20. The van der Waals surface area contributed by atoms with E-state index < -0.39 is 0 Å². The van der Waals surface area contributed by atoms with Gasteiger partial charge in [0.25, 0.3) is 0 Å². The molecule has 234 valence electrons. The molecule has 5 nitrogen and oxygen atoms in total. The second-order valence-electron chi connectivity index (χ2n) is 12.4.